The SMILES string of the molecule is C=CCN1C(=O)C(Nc2ccc(C(C)(C)C)cc2)=C(c2ccc([N+](=O)[O-])cc2)C1=O. The molecule has 0 aliphatic carbocycles. The fourth-order valence-electron chi connectivity index (χ4n) is 3.20. The number of nitro benzene ring substituents is 1. The van der Waals surface area contributed by atoms with Gasteiger partial charge in [0.1, 0.15) is 5.70 Å². The highest BCUT2D eigenvalue weighted by atomic mass is 16.6. The number of hydrogen-bond donors (Lipinski definition) is 1. The lowest BCUT2D eigenvalue weighted by molar-refractivity contribution is -0.384. The van der Waals surface area contributed by atoms with E-state index >= 15 is 0 Å². The van der Waals surface area contributed by atoms with E-state index in [9.17, 15) is 19.7 Å². The summed E-state index contributed by atoms with van der Waals surface area (Å²) in [6.07, 6.45) is 1.48. The molecule has 2 aromatic carbocycles. The molecule has 3 rings (SSSR count). The summed E-state index contributed by atoms with van der Waals surface area (Å²) >= 11 is 0. The van der Waals surface area contributed by atoms with E-state index < -0.39 is 16.7 Å². The van der Waals surface area contributed by atoms with Gasteiger partial charge in [0.2, 0.25) is 0 Å². The molecule has 0 radical (unpaired) electrons. The van der Waals surface area contributed by atoms with Crippen LogP contribution in [0.15, 0.2) is 66.9 Å². The first kappa shape index (κ1) is 21.0. The first-order valence-electron chi connectivity index (χ1n) is 9.47. The van der Waals surface area contributed by atoms with Crippen molar-refractivity contribution in [3.8, 4) is 0 Å². The molecule has 0 unspecified atom stereocenters. The molecule has 7 nitrogen and oxygen atoms in total. The van der Waals surface area contributed by atoms with Crippen LogP contribution in [0.3, 0.4) is 0 Å². The van der Waals surface area contributed by atoms with E-state index in [1.54, 1.807) is 0 Å². The van der Waals surface area contributed by atoms with Crippen LogP contribution in [-0.4, -0.2) is 28.2 Å². The average Bonchev–Trinajstić information content (AvgIpc) is 2.92. The van der Waals surface area contributed by atoms with Crippen LogP contribution in [0.4, 0.5) is 11.4 Å². The molecule has 0 bridgehead atoms. The first-order valence-corrected chi connectivity index (χ1v) is 9.47. The maximum Gasteiger partial charge on any atom is 0.278 e. The van der Waals surface area contributed by atoms with Gasteiger partial charge in [-0.15, -0.1) is 6.58 Å². The Morgan fingerprint density at radius 3 is 2.13 bits per heavy atom. The molecule has 1 aliphatic rings. The van der Waals surface area contributed by atoms with Crippen LogP contribution >= 0.6 is 0 Å². The number of nitrogens with zero attached hydrogens (tertiary/aromatic N) is 2. The zero-order valence-electron chi connectivity index (χ0n) is 17.1. The molecule has 7 heteroatoms. The second kappa shape index (κ2) is 7.94. The average molecular weight is 405 g/mol. The van der Waals surface area contributed by atoms with Gasteiger partial charge in [0, 0.05) is 24.4 Å². The molecule has 0 atom stereocenters. The Morgan fingerprint density at radius 2 is 1.63 bits per heavy atom. The number of imide groups is 1. The lowest BCUT2D eigenvalue weighted by atomic mass is 9.87. The second-order valence-corrected chi connectivity index (χ2v) is 8.02. The minimum absolute atomic E-state index is 0.0123. The predicted octanol–water partition coefficient (Wildman–Crippen LogP) is 4.27. The van der Waals surface area contributed by atoms with Crippen molar-refractivity contribution in [2.24, 2.45) is 0 Å². The highest BCUT2D eigenvalue weighted by Gasteiger charge is 2.38. The van der Waals surface area contributed by atoms with Crippen molar-refractivity contribution in [2.75, 3.05) is 11.9 Å². The van der Waals surface area contributed by atoms with Crippen molar-refractivity contribution < 1.29 is 14.5 Å². The van der Waals surface area contributed by atoms with Crippen LogP contribution in [0.25, 0.3) is 5.57 Å². The zero-order valence-corrected chi connectivity index (χ0v) is 17.1. The number of amides is 2. The molecule has 2 amide bonds. The Bertz CT molecular complexity index is 1050. The van der Waals surface area contributed by atoms with Crippen molar-refractivity contribution in [3.05, 3.63) is 88.1 Å². The van der Waals surface area contributed by atoms with E-state index in [2.05, 4.69) is 32.7 Å². The Balaban J connectivity index is 2.03. The minimum Gasteiger partial charge on any atom is -0.350 e. The van der Waals surface area contributed by atoms with Crippen LogP contribution in [0.1, 0.15) is 31.9 Å². The fraction of sp³-hybridized carbons (Fsp3) is 0.217. The molecule has 0 saturated carbocycles. The number of anilines is 1. The van der Waals surface area contributed by atoms with Gasteiger partial charge >= 0.3 is 0 Å². The Kier molecular flexibility index (Phi) is 5.56. The third kappa shape index (κ3) is 4.00. The van der Waals surface area contributed by atoms with Crippen LogP contribution in [0.5, 0.6) is 0 Å². The molecule has 1 aliphatic heterocycles. The monoisotopic (exact) mass is 405 g/mol. The third-order valence-corrected chi connectivity index (χ3v) is 4.87. The summed E-state index contributed by atoms with van der Waals surface area (Å²) in [7, 11) is 0. The summed E-state index contributed by atoms with van der Waals surface area (Å²) in [6.45, 7) is 10.00. The van der Waals surface area contributed by atoms with Crippen LogP contribution in [0, 0.1) is 10.1 Å². The Hall–Kier alpha value is -3.74. The quantitative estimate of drug-likeness (QED) is 0.335. The van der Waals surface area contributed by atoms with Gasteiger partial charge in [-0.25, -0.2) is 0 Å². The molecular formula is C23H23N3O4. The van der Waals surface area contributed by atoms with Gasteiger partial charge in [0.25, 0.3) is 17.5 Å². The van der Waals surface area contributed by atoms with Crippen molar-refractivity contribution in [1.29, 1.82) is 0 Å². The van der Waals surface area contributed by atoms with Gasteiger partial charge in [-0.2, -0.15) is 0 Å². The molecule has 0 spiro atoms. The molecule has 0 fully saturated rings. The third-order valence-electron chi connectivity index (χ3n) is 4.87. The van der Waals surface area contributed by atoms with Gasteiger partial charge in [-0.1, -0.05) is 39.0 Å². The maximum absolute atomic E-state index is 12.9. The summed E-state index contributed by atoms with van der Waals surface area (Å²) in [5.74, 6) is -0.935. The second-order valence-electron chi connectivity index (χ2n) is 8.02. The predicted molar refractivity (Wildman–Crippen MR) is 116 cm³/mol. The van der Waals surface area contributed by atoms with E-state index in [-0.39, 0.29) is 28.9 Å². The number of rotatable bonds is 6. The van der Waals surface area contributed by atoms with Gasteiger partial charge < -0.3 is 5.32 Å². The Labute approximate surface area is 174 Å². The number of nitro groups is 1. The summed E-state index contributed by atoms with van der Waals surface area (Å²) in [5, 5.41) is 14.0. The summed E-state index contributed by atoms with van der Waals surface area (Å²) in [6, 6.07) is 13.2. The molecular weight excluding hydrogens is 382 g/mol. The molecule has 30 heavy (non-hydrogen) atoms. The highest BCUT2D eigenvalue weighted by Crippen LogP contribution is 2.32. The van der Waals surface area contributed by atoms with Crippen molar-refractivity contribution >= 4 is 28.8 Å². The number of non-ortho nitro benzene ring substituents is 1. The first-order chi connectivity index (χ1) is 14.1. The number of nitrogens with one attached hydrogen (secondary N) is 1. The fourth-order valence-corrected chi connectivity index (χ4v) is 3.20. The van der Waals surface area contributed by atoms with Crippen LogP contribution in [0.2, 0.25) is 0 Å². The number of benzene rings is 2. The molecule has 154 valence electrons. The van der Waals surface area contributed by atoms with E-state index in [1.165, 1.54) is 30.3 Å². The standard InChI is InChI=1S/C23H23N3O4/c1-5-14-25-21(27)19(15-6-12-18(13-7-15)26(29)30)20(22(25)28)24-17-10-8-16(9-11-17)23(2,3)4/h5-13,24H,1,14H2,2-4H3. The highest BCUT2D eigenvalue weighted by molar-refractivity contribution is 6.36. The van der Waals surface area contributed by atoms with Gasteiger partial charge in [-0.3, -0.25) is 24.6 Å². The van der Waals surface area contributed by atoms with E-state index in [1.807, 2.05) is 24.3 Å². The molecule has 1 N–H and O–H groups in total. The number of hydrogen-bond acceptors (Lipinski definition) is 5. The van der Waals surface area contributed by atoms with Crippen molar-refractivity contribution in [3.63, 3.8) is 0 Å². The largest absolute Gasteiger partial charge is 0.350 e. The molecule has 2 aromatic rings. The van der Waals surface area contributed by atoms with Crippen LogP contribution < -0.4 is 5.32 Å². The van der Waals surface area contributed by atoms with Gasteiger partial charge in [-0.05, 0) is 40.8 Å². The molecule has 0 saturated heterocycles. The zero-order chi connectivity index (χ0) is 22.1. The smallest absolute Gasteiger partial charge is 0.278 e. The lowest BCUT2D eigenvalue weighted by Gasteiger charge is -2.19. The van der Waals surface area contributed by atoms with E-state index in [0.717, 1.165) is 10.5 Å². The normalized spacial score (nSPS) is 14.3. The van der Waals surface area contributed by atoms with E-state index in [4.69, 9.17) is 0 Å². The summed E-state index contributed by atoms with van der Waals surface area (Å²) in [5.41, 5.74) is 2.45. The molecule has 1 heterocycles. The minimum atomic E-state index is -0.514. The summed E-state index contributed by atoms with van der Waals surface area (Å²) < 4.78 is 0. The summed E-state index contributed by atoms with van der Waals surface area (Å²) in [4.78, 5) is 37.4. The lowest BCUT2D eigenvalue weighted by Crippen LogP contribution is -2.32. The maximum atomic E-state index is 12.9. The van der Waals surface area contributed by atoms with Gasteiger partial charge in [0.15, 0.2) is 0 Å². The van der Waals surface area contributed by atoms with Crippen molar-refractivity contribution in [2.45, 2.75) is 26.2 Å². The topological polar surface area (TPSA) is 92.6 Å². The van der Waals surface area contributed by atoms with Crippen LogP contribution in [-0.2, 0) is 15.0 Å². The Morgan fingerprint density at radius 1 is 1.03 bits per heavy atom. The van der Waals surface area contributed by atoms with Crippen molar-refractivity contribution in [1.82, 2.24) is 4.90 Å². The van der Waals surface area contributed by atoms with Gasteiger partial charge in [0.05, 0.1) is 10.5 Å². The molecule has 0 aromatic heterocycles. The number of carbonyl (C=O) groups excluding carboxylic acids is 2. The van der Waals surface area contributed by atoms with E-state index in [0.29, 0.717) is 11.3 Å². The number of carbonyl (C=O) groups is 2.